The van der Waals surface area contributed by atoms with E-state index in [0.717, 1.165) is 5.56 Å². The van der Waals surface area contributed by atoms with Gasteiger partial charge < -0.3 is 10.2 Å². The van der Waals surface area contributed by atoms with Crippen LogP contribution in [0, 0.1) is 23.0 Å². The lowest BCUT2D eigenvalue weighted by Crippen LogP contribution is -2.28. The maximum atomic E-state index is 12.5. The Labute approximate surface area is 150 Å². The number of hydrogen-bond acceptors (Lipinski definition) is 4. The Hall–Kier alpha value is -3.22. The van der Waals surface area contributed by atoms with Crippen LogP contribution in [0.4, 0.5) is 11.4 Å². The molecule has 1 aliphatic heterocycles. The lowest BCUT2D eigenvalue weighted by Gasteiger charge is -2.16. The smallest absolute Gasteiger partial charge is 0.274 e. The van der Waals surface area contributed by atoms with E-state index in [1.165, 1.54) is 6.07 Å². The fraction of sp³-hybridized carbons (Fsp3) is 0.263. The minimum absolute atomic E-state index is 0.0454. The topological polar surface area (TPSA) is 92.6 Å². The zero-order valence-corrected chi connectivity index (χ0v) is 14.3. The zero-order chi connectivity index (χ0) is 18.7. The molecule has 7 nitrogen and oxygen atoms in total. The van der Waals surface area contributed by atoms with Crippen molar-refractivity contribution in [2.45, 2.75) is 19.9 Å². The monoisotopic (exact) mass is 353 g/mol. The summed E-state index contributed by atoms with van der Waals surface area (Å²) in [5.74, 6) is -0.831. The molecule has 26 heavy (non-hydrogen) atoms. The van der Waals surface area contributed by atoms with Gasteiger partial charge in [-0.1, -0.05) is 36.4 Å². The first-order chi connectivity index (χ1) is 12.4. The Balaban J connectivity index is 1.65. The summed E-state index contributed by atoms with van der Waals surface area (Å²) < 4.78 is 0. The van der Waals surface area contributed by atoms with Gasteiger partial charge in [0, 0.05) is 36.8 Å². The molecule has 1 atom stereocenters. The summed E-state index contributed by atoms with van der Waals surface area (Å²) in [6, 6.07) is 14.2. The summed E-state index contributed by atoms with van der Waals surface area (Å²) in [4.78, 5) is 36.9. The van der Waals surface area contributed by atoms with Crippen LogP contribution in [0.1, 0.15) is 17.5 Å². The molecule has 2 aromatic rings. The molecular formula is C19H19N3O4. The largest absolute Gasteiger partial charge is 0.338 e. The number of anilines is 1. The molecule has 1 saturated heterocycles. The highest BCUT2D eigenvalue weighted by Gasteiger charge is 2.34. The Bertz CT molecular complexity index is 851. The molecule has 0 radical (unpaired) electrons. The number of hydrogen-bond donors (Lipinski definition) is 1. The van der Waals surface area contributed by atoms with E-state index in [-0.39, 0.29) is 23.9 Å². The van der Waals surface area contributed by atoms with Gasteiger partial charge in [-0.25, -0.2) is 0 Å². The van der Waals surface area contributed by atoms with Crippen molar-refractivity contribution in [3.05, 3.63) is 69.8 Å². The van der Waals surface area contributed by atoms with E-state index < -0.39 is 10.8 Å². The third-order valence-corrected chi connectivity index (χ3v) is 4.47. The van der Waals surface area contributed by atoms with Gasteiger partial charge in [0.05, 0.1) is 10.8 Å². The van der Waals surface area contributed by atoms with Gasteiger partial charge in [0.25, 0.3) is 5.69 Å². The number of likely N-dealkylation sites (tertiary alicyclic amines) is 1. The minimum Gasteiger partial charge on any atom is -0.338 e. The first-order valence-electron chi connectivity index (χ1n) is 8.31. The van der Waals surface area contributed by atoms with E-state index >= 15 is 0 Å². The quantitative estimate of drug-likeness (QED) is 0.661. The SMILES string of the molecule is Cc1ccc(NC(=O)C2CC(=O)N(Cc3ccccc3)C2)cc1[N+](=O)[O-]. The lowest BCUT2D eigenvalue weighted by molar-refractivity contribution is -0.385. The highest BCUT2D eigenvalue weighted by atomic mass is 16.6. The average Bonchev–Trinajstić information content (AvgIpc) is 2.98. The number of nitro benzene ring substituents is 1. The molecule has 1 unspecified atom stereocenters. The van der Waals surface area contributed by atoms with Crippen molar-refractivity contribution >= 4 is 23.2 Å². The summed E-state index contributed by atoms with van der Waals surface area (Å²) in [5.41, 5.74) is 1.85. The van der Waals surface area contributed by atoms with Gasteiger partial charge in [-0.2, -0.15) is 0 Å². The average molecular weight is 353 g/mol. The second kappa shape index (κ2) is 7.35. The number of rotatable bonds is 5. The van der Waals surface area contributed by atoms with Crippen LogP contribution in [0.15, 0.2) is 48.5 Å². The van der Waals surface area contributed by atoms with E-state index in [9.17, 15) is 19.7 Å². The Morgan fingerprint density at radius 1 is 1.27 bits per heavy atom. The number of carbonyl (C=O) groups is 2. The number of carbonyl (C=O) groups excluding carboxylic acids is 2. The van der Waals surface area contributed by atoms with Crippen molar-refractivity contribution in [1.29, 1.82) is 0 Å². The van der Waals surface area contributed by atoms with Crippen LogP contribution in [-0.4, -0.2) is 28.2 Å². The Morgan fingerprint density at radius 2 is 2.00 bits per heavy atom. The molecule has 0 aliphatic carbocycles. The van der Waals surface area contributed by atoms with E-state index in [0.29, 0.717) is 24.3 Å². The maximum absolute atomic E-state index is 12.5. The van der Waals surface area contributed by atoms with Crippen LogP contribution >= 0.6 is 0 Å². The molecule has 0 saturated carbocycles. The standard InChI is InChI=1S/C19H19N3O4/c1-13-7-8-16(10-17(13)22(25)26)20-19(24)15-9-18(23)21(12-15)11-14-5-3-2-4-6-14/h2-8,10,15H,9,11-12H2,1H3,(H,20,24). The van der Waals surface area contributed by atoms with Crippen LogP contribution < -0.4 is 5.32 Å². The third kappa shape index (κ3) is 3.88. The van der Waals surface area contributed by atoms with E-state index in [1.54, 1.807) is 24.0 Å². The number of nitrogens with one attached hydrogen (secondary N) is 1. The minimum atomic E-state index is -0.480. The van der Waals surface area contributed by atoms with Crippen molar-refractivity contribution in [2.75, 3.05) is 11.9 Å². The van der Waals surface area contributed by atoms with Gasteiger partial charge in [0.2, 0.25) is 11.8 Å². The molecule has 3 rings (SSSR count). The van der Waals surface area contributed by atoms with Crippen molar-refractivity contribution in [2.24, 2.45) is 5.92 Å². The van der Waals surface area contributed by atoms with Gasteiger partial charge in [-0.15, -0.1) is 0 Å². The first-order valence-corrected chi connectivity index (χ1v) is 8.31. The van der Waals surface area contributed by atoms with Gasteiger partial charge in [0.15, 0.2) is 0 Å². The van der Waals surface area contributed by atoms with E-state index in [2.05, 4.69) is 5.32 Å². The molecule has 0 aromatic heterocycles. The Kier molecular flexibility index (Phi) is 4.97. The molecule has 1 N–H and O–H groups in total. The first kappa shape index (κ1) is 17.6. The van der Waals surface area contributed by atoms with Gasteiger partial charge >= 0.3 is 0 Å². The summed E-state index contributed by atoms with van der Waals surface area (Å²) in [6.07, 6.45) is 0.145. The molecule has 1 heterocycles. The van der Waals surface area contributed by atoms with Crippen LogP contribution in [0.3, 0.4) is 0 Å². The second-order valence-corrected chi connectivity index (χ2v) is 6.41. The normalized spacial score (nSPS) is 16.6. The maximum Gasteiger partial charge on any atom is 0.274 e. The third-order valence-electron chi connectivity index (χ3n) is 4.47. The van der Waals surface area contributed by atoms with Crippen LogP contribution in [0.5, 0.6) is 0 Å². The fourth-order valence-corrected chi connectivity index (χ4v) is 3.03. The molecule has 7 heteroatoms. The Morgan fingerprint density at radius 3 is 2.69 bits per heavy atom. The number of aryl methyl sites for hydroxylation is 1. The number of benzene rings is 2. The van der Waals surface area contributed by atoms with E-state index in [1.807, 2.05) is 30.3 Å². The molecule has 134 valence electrons. The fourth-order valence-electron chi connectivity index (χ4n) is 3.03. The summed E-state index contributed by atoms with van der Waals surface area (Å²) in [6.45, 7) is 2.45. The molecule has 2 aromatic carbocycles. The van der Waals surface area contributed by atoms with Gasteiger partial charge in [-0.05, 0) is 18.6 Å². The van der Waals surface area contributed by atoms with Gasteiger partial charge in [0.1, 0.15) is 0 Å². The second-order valence-electron chi connectivity index (χ2n) is 6.41. The van der Waals surface area contributed by atoms with Crippen molar-refractivity contribution in [3.8, 4) is 0 Å². The zero-order valence-electron chi connectivity index (χ0n) is 14.3. The number of nitro groups is 1. The highest BCUT2D eigenvalue weighted by molar-refractivity contribution is 5.97. The van der Waals surface area contributed by atoms with Crippen LogP contribution in [0.2, 0.25) is 0 Å². The number of nitrogens with zero attached hydrogens (tertiary/aromatic N) is 2. The predicted molar refractivity (Wildman–Crippen MR) is 96.4 cm³/mol. The predicted octanol–water partition coefficient (Wildman–Crippen LogP) is 2.89. The van der Waals surface area contributed by atoms with Crippen LogP contribution in [0.25, 0.3) is 0 Å². The molecular weight excluding hydrogens is 334 g/mol. The van der Waals surface area contributed by atoms with Crippen LogP contribution in [-0.2, 0) is 16.1 Å². The summed E-state index contributed by atoms with van der Waals surface area (Å²) >= 11 is 0. The molecule has 2 amide bonds. The highest BCUT2D eigenvalue weighted by Crippen LogP contribution is 2.25. The molecule has 0 spiro atoms. The summed E-state index contributed by atoms with van der Waals surface area (Å²) in [7, 11) is 0. The van der Waals surface area contributed by atoms with Crippen molar-refractivity contribution in [1.82, 2.24) is 4.90 Å². The van der Waals surface area contributed by atoms with E-state index in [4.69, 9.17) is 0 Å². The molecule has 0 bridgehead atoms. The lowest BCUT2D eigenvalue weighted by atomic mass is 10.1. The number of amides is 2. The van der Waals surface area contributed by atoms with Crippen molar-refractivity contribution < 1.29 is 14.5 Å². The summed E-state index contributed by atoms with van der Waals surface area (Å²) in [5, 5.41) is 13.7. The van der Waals surface area contributed by atoms with Crippen molar-refractivity contribution in [3.63, 3.8) is 0 Å². The molecule has 1 aliphatic rings. The molecule has 1 fully saturated rings. The van der Waals surface area contributed by atoms with Gasteiger partial charge in [-0.3, -0.25) is 19.7 Å².